The molecule has 0 fully saturated rings. The summed E-state index contributed by atoms with van der Waals surface area (Å²) in [5.74, 6) is -0.00762. The molecule has 22 heavy (non-hydrogen) atoms. The van der Waals surface area contributed by atoms with Crippen LogP contribution in [0.15, 0.2) is 46.2 Å². The van der Waals surface area contributed by atoms with Gasteiger partial charge in [0.25, 0.3) is 5.91 Å². The molecule has 1 aliphatic heterocycles. The van der Waals surface area contributed by atoms with Gasteiger partial charge in [0.2, 0.25) is 0 Å². The van der Waals surface area contributed by atoms with Crippen molar-refractivity contribution < 1.29 is 4.79 Å². The lowest BCUT2D eigenvalue weighted by Gasteiger charge is -2.19. The standard InChI is InChI=1S/C16H15BrN4O/c17-13-9-18-15-8-14(19-21(15)10-13)16(22)20-6-4-11-2-1-3-12(11)5-7-20/h1-2,8-10H,3-7H2. The molecule has 0 spiro atoms. The van der Waals surface area contributed by atoms with Crippen LogP contribution in [0.3, 0.4) is 0 Å². The maximum atomic E-state index is 12.7. The van der Waals surface area contributed by atoms with Crippen molar-refractivity contribution in [2.45, 2.75) is 19.3 Å². The van der Waals surface area contributed by atoms with Gasteiger partial charge in [-0.2, -0.15) is 5.10 Å². The quantitative estimate of drug-likeness (QED) is 0.787. The minimum absolute atomic E-state index is 0.00762. The van der Waals surface area contributed by atoms with Gasteiger partial charge < -0.3 is 4.90 Å². The van der Waals surface area contributed by atoms with Crippen LogP contribution >= 0.6 is 15.9 Å². The Balaban J connectivity index is 1.57. The predicted molar refractivity (Wildman–Crippen MR) is 86.6 cm³/mol. The lowest BCUT2D eigenvalue weighted by atomic mass is 10.1. The highest BCUT2D eigenvalue weighted by Gasteiger charge is 2.23. The normalized spacial score (nSPS) is 18.0. The first-order valence-electron chi connectivity index (χ1n) is 7.38. The lowest BCUT2D eigenvalue weighted by Crippen LogP contribution is -2.32. The van der Waals surface area contributed by atoms with Gasteiger partial charge in [-0.15, -0.1) is 0 Å². The Hall–Kier alpha value is -1.95. The summed E-state index contributed by atoms with van der Waals surface area (Å²) in [6.45, 7) is 1.53. The van der Waals surface area contributed by atoms with Crippen molar-refractivity contribution in [1.29, 1.82) is 0 Å². The first-order chi connectivity index (χ1) is 10.7. The van der Waals surface area contributed by atoms with Crippen LogP contribution in [-0.4, -0.2) is 38.5 Å². The number of carbonyl (C=O) groups is 1. The van der Waals surface area contributed by atoms with Crippen molar-refractivity contribution in [2.24, 2.45) is 0 Å². The average molecular weight is 359 g/mol. The van der Waals surface area contributed by atoms with Gasteiger partial charge in [-0.05, 0) is 40.8 Å². The van der Waals surface area contributed by atoms with Crippen molar-refractivity contribution in [2.75, 3.05) is 13.1 Å². The van der Waals surface area contributed by atoms with Crippen molar-refractivity contribution in [3.05, 3.63) is 51.9 Å². The van der Waals surface area contributed by atoms with Crippen LogP contribution in [0.25, 0.3) is 5.65 Å². The third kappa shape index (κ3) is 2.37. The molecular weight excluding hydrogens is 344 g/mol. The molecule has 1 amide bonds. The number of amides is 1. The minimum Gasteiger partial charge on any atom is -0.337 e. The molecular formula is C16H15BrN4O. The topological polar surface area (TPSA) is 50.5 Å². The molecule has 2 aromatic heterocycles. The van der Waals surface area contributed by atoms with Gasteiger partial charge in [0.15, 0.2) is 11.3 Å². The largest absolute Gasteiger partial charge is 0.337 e. The van der Waals surface area contributed by atoms with E-state index >= 15 is 0 Å². The van der Waals surface area contributed by atoms with Crippen molar-refractivity contribution >= 4 is 27.5 Å². The Morgan fingerprint density at radius 2 is 2.14 bits per heavy atom. The van der Waals surface area contributed by atoms with Crippen molar-refractivity contribution in [3.8, 4) is 0 Å². The summed E-state index contributed by atoms with van der Waals surface area (Å²) in [4.78, 5) is 18.9. The molecule has 0 saturated heterocycles. The smallest absolute Gasteiger partial charge is 0.274 e. The van der Waals surface area contributed by atoms with E-state index in [1.807, 2.05) is 11.1 Å². The minimum atomic E-state index is -0.00762. The number of hydrogen-bond donors (Lipinski definition) is 0. The predicted octanol–water partition coefficient (Wildman–Crippen LogP) is 2.98. The average Bonchev–Trinajstić information content (AvgIpc) is 3.08. The Morgan fingerprint density at radius 1 is 1.27 bits per heavy atom. The molecule has 0 aromatic carbocycles. The van der Waals surface area contributed by atoms with Gasteiger partial charge in [-0.3, -0.25) is 4.79 Å². The number of hydrogen-bond acceptors (Lipinski definition) is 3. The summed E-state index contributed by atoms with van der Waals surface area (Å²) in [6.07, 6.45) is 10.9. The highest BCUT2D eigenvalue weighted by molar-refractivity contribution is 9.10. The number of fused-ring (bicyclic) bond motifs is 1. The zero-order chi connectivity index (χ0) is 15.1. The number of allylic oxidation sites excluding steroid dienone is 2. The molecule has 5 nitrogen and oxygen atoms in total. The van der Waals surface area contributed by atoms with Crippen molar-refractivity contribution in [3.63, 3.8) is 0 Å². The second-order valence-corrected chi connectivity index (χ2v) is 6.55. The summed E-state index contributed by atoms with van der Waals surface area (Å²) in [5.41, 5.74) is 4.04. The highest BCUT2D eigenvalue weighted by Crippen LogP contribution is 2.28. The van der Waals surface area contributed by atoms with E-state index < -0.39 is 0 Å². The number of carbonyl (C=O) groups excluding carboxylic acids is 1. The summed E-state index contributed by atoms with van der Waals surface area (Å²) in [6, 6.07) is 1.75. The maximum Gasteiger partial charge on any atom is 0.274 e. The first kappa shape index (κ1) is 13.7. The molecule has 0 unspecified atom stereocenters. The third-order valence-corrected chi connectivity index (χ3v) is 4.67. The molecule has 0 atom stereocenters. The first-order valence-corrected chi connectivity index (χ1v) is 8.18. The van der Waals surface area contributed by atoms with E-state index in [2.05, 4.69) is 38.2 Å². The summed E-state index contributed by atoms with van der Waals surface area (Å²) < 4.78 is 2.47. The maximum absolute atomic E-state index is 12.7. The Labute approximate surface area is 136 Å². The van der Waals surface area contributed by atoms with E-state index in [0.29, 0.717) is 11.3 Å². The molecule has 6 heteroatoms. The van der Waals surface area contributed by atoms with E-state index in [9.17, 15) is 4.79 Å². The molecule has 0 bridgehead atoms. The monoisotopic (exact) mass is 358 g/mol. The van der Waals surface area contributed by atoms with E-state index in [0.717, 1.165) is 36.8 Å². The van der Waals surface area contributed by atoms with Gasteiger partial charge in [0.1, 0.15) is 0 Å². The molecule has 0 saturated carbocycles. The number of halogens is 1. The van der Waals surface area contributed by atoms with E-state index in [-0.39, 0.29) is 5.91 Å². The van der Waals surface area contributed by atoms with Crippen molar-refractivity contribution in [1.82, 2.24) is 19.5 Å². The molecule has 112 valence electrons. The fraction of sp³-hybridized carbons (Fsp3) is 0.312. The van der Waals surface area contributed by atoms with E-state index in [4.69, 9.17) is 0 Å². The summed E-state index contributed by atoms with van der Waals surface area (Å²) >= 11 is 3.36. The zero-order valence-corrected chi connectivity index (χ0v) is 13.6. The van der Waals surface area contributed by atoms with Gasteiger partial charge in [-0.1, -0.05) is 17.7 Å². The summed E-state index contributed by atoms with van der Waals surface area (Å²) in [5, 5.41) is 4.36. The van der Waals surface area contributed by atoms with Crippen LogP contribution in [0.2, 0.25) is 0 Å². The van der Waals surface area contributed by atoms with Gasteiger partial charge in [0.05, 0.1) is 4.47 Å². The Bertz CT molecular complexity index is 821. The third-order valence-electron chi connectivity index (χ3n) is 4.26. The second kappa shape index (κ2) is 5.35. The molecule has 2 aromatic rings. The van der Waals surface area contributed by atoms with Crippen LogP contribution < -0.4 is 0 Å². The van der Waals surface area contributed by atoms with Gasteiger partial charge >= 0.3 is 0 Å². The second-order valence-electron chi connectivity index (χ2n) is 5.63. The number of rotatable bonds is 1. The van der Waals surface area contributed by atoms with Gasteiger partial charge in [0, 0.05) is 31.5 Å². The van der Waals surface area contributed by atoms with Gasteiger partial charge in [-0.25, -0.2) is 9.50 Å². The van der Waals surface area contributed by atoms with Crippen LogP contribution in [0.4, 0.5) is 0 Å². The van der Waals surface area contributed by atoms with Crippen LogP contribution in [0, 0.1) is 0 Å². The SMILES string of the molecule is O=C(c1cc2ncc(Br)cn2n1)N1CCC2=C(CC=C2)CC1. The lowest BCUT2D eigenvalue weighted by molar-refractivity contribution is 0.0756. The zero-order valence-electron chi connectivity index (χ0n) is 12.0. The molecule has 4 rings (SSSR count). The van der Waals surface area contributed by atoms with E-state index in [1.165, 1.54) is 11.1 Å². The molecule has 2 aliphatic rings. The molecule has 0 radical (unpaired) electrons. The number of nitrogens with zero attached hydrogens (tertiary/aromatic N) is 4. The Morgan fingerprint density at radius 3 is 3.05 bits per heavy atom. The highest BCUT2D eigenvalue weighted by atomic mass is 79.9. The molecule has 1 aliphatic carbocycles. The molecule has 3 heterocycles. The molecule has 0 N–H and O–H groups in total. The Kier molecular flexibility index (Phi) is 3.33. The van der Waals surface area contributed by atoms with Crippen LogP contribution in [0.5, 0.6) is 0 Å². The van der Waals surface area contributed by atoms with E-state index in [1.54, 1.807) is 16.8 Å². The fourth-order valence-corrected chi connectivity index (χ4v) is 3.37. The van der Waals surface area contributed by atoms with Crippen LogP contribution in [0.1, 0.15) is 29.8 Å². The van der Waals surface area contributed by atoms with Crippen LogP contribution in [-0.2, 0) is 0 Å². The fourth-order valence-electron chi connectivity index (χ4n) is 3.08. The number of aromatic nitrogens is 3. The summed E-state index contributed by atoms with van der Waals surface area (Å²) in [7, 11) is 0.